The molecule has 0 amide bonds. The van der Waals surface area contributed by atoms with Gasteiger partial charge in [-0.05, 0) is 24.6 Å². The number of nitrogens with one attached hydrogen (secondary N) is 1. The first kappa shape index (κ1) is 14.3. The van der Waals surface area contributed by atoms with Gasteiger partial charge in [-0.2, -0.15) is 5.10 Å². The molecule has 0 aliphatic heterocycles. The Morgan fingerprint density at radius 2 is 2.25 bits per heavy atom. The molecule has 7 heteroatoms. The molecule has 1 aromatic heterocycles. The molecule has 0 unspecified atom stereocenters. The Morgan fingerprint density at radius 1 is 1.45 bits per heavy atom. The van der Waals surface area contributed by atoms with Crippen LogP contribution in [0.3, 0.4) is 0 Å². The van der Waals surface area contributed by atoms with Gasteiger partial charge in [0.25, 0.3) is 5.69 Å². The fraction of sp³-hybridized carbons (Fsp3) is 0.308. The number of halogens is 1. The second kappa shape index (κ2) is 6.38. The molecule has 1 heterocycles. The number of nitrogens with zero attached hydrogens (tertiary/aromatic N) is 3. The third kappa shape index (κ3) is 3.27. The Hall–Kier alpha value is -2.08. The van der Waals surface area contributed by atoms with Crippen molar-refractivity contribution >= 4 is 23.0 Å². The summed E-state index contributed by atoms with van der Waals surface area (Å²) in [7, 11) is 0. The van der Waals surface area contributed by atoms with Crippen LogP contribution in [0.4, 0.5) is 11.4 Å². The third-order valence-corrected chi connectivity index (χ3v) is 3.16. The van der Waals surface area contributed by atoms with Crippen LogP contribution >= 0.6 is 11.6 Å². The van der Waals surface area contributed by atoms with Crippen molar-refractivity contribution in [2.75, 3.05) is 5.32 Å². The molecule has 0 fully saturated rings. The Kier molecular flexibility index (Phi) is 4.57. The van der Waals surface area contributed by atoms with Gasteiger partial charge in [-0.15, -0.1) is 0 Å². The molecule has 0 saturated carbocycles. The van der Waals surface area contributed by atoms with Crippen LogP contribution in [0.15, 0.2) is 30.5 Å². The number of benzene rings is 1. The second-order valence-electron chi connectivity index (χ2n) is 4.32. The molecule has 106 valence electrons. The molecule has 6 nitrogen and oxygen atoms in total. The summed E-state index contributed by atoms with van der Waals surface area (Å²) in [6, 6.07) is 6.54. The van der Waals surface area contributed by atoms with Gasteiger partial charge in [0, 0.05) is 24.5 Å². The van der Waals surface area contributed by atoms with E-state index in [0.29, 0.717) is 6.54 Å². The Labute approximate surface area is 121 Å². The predicted molar refractivity (Wildman–Crippen MR) is 78.0 cm³/mol. The summed E-state index contributed by atoms with van der Waals surface area (Å²) < 4.78 is 1.93. The molecule has 20 heavy (non-hydrogen) atoms. The third-order valence-electron chi connectivity index (χ3n) is 2.86. The minimum absolute atomic E-state index is 0.0896. The Morgan fingerprint density at radius 3 is 2.90 bits per heavy atom. The van der Waals surface area contributed by atoms with Gasteiger partial charge in [0.15, 0.2) is 0 Å². The molecule has 0 bridgehead atoms. The van der Waals surface area contributed by atoms with Crippen LogP contribution in [0, 0.1) is 10.1 Å². The van der Waals surface area contributed by atoms with E-state index in [4.69, 9.17) is 11.6 Å². The van der Waals surface area contributed by atoms with Crippen LogP contribution < -0.4 is 5.32 Å². The van der Waals surface area contributed by atoms with E-state index in [0.717, 1.165) is 24.3 Å². The Bertz CT molecular complexity index is 612. The number of hydrogen-bond donors (Lipinski definition) is 1. The highest BCUT2D eigenvalue weighted by atomic mass is 35.5. The molecule has 0 spiro atoms. The van der Waals surface area contributed by atoms with Crippen LogP contribution in [0.5, 0.6) is 0 Å². The summed E-state index contributed by atoms with van der Waals surface area (Å²) in [5.41, 5.74) is 1.71. The highest BCUT2D eigenvalue weighted by Gasteiger charge is 2.12. The molecule has 2 rings (SSSR count). The monoisotopic (exact) mass is 294 g/mol. The zero-order valence-corrected chi connectivity index (χ0v) is 11.8. The molecule has 0 radical (unpaired) electrons. The summed E-state index contributed by atoms with van der Waals surface area (Å²) in [6.45, 7) is 3.55. The van der Waals surface area contributed by atoms with Crippen LogP contribution in [0.1, 0.15) is 19.0 Å². The molecule has 0 aliphatic rings. The van der Waals surface area contributed by atoms with Crippen molar-refractivity contribution in [1.29, 1.82) is 0 Å². The minimum Gasteiger partial charge on any atom is -0.379 e. The zero-order valence-electron chi connectivity index (χ0n) is 11.0. The zero-order chi connectivity index (χ0) is 14.5. The first-order valence-electron chi connectivity index (χ1n) is 6.30. The topological polar surface area (TPSA) is 73.0 Å². The van der Waals surface area contributed by atoms with Crippen LogP contribution in [-0.2, 0) is 13.1 Å². The number of aryl methyl sites for hydroxylation is 1. The average Bonchev–Trinajstić information content (AvgIpc) is 2.84. The largest absolute Gasteiger partial charge is 0.379 e. The first-order valence-corrected chi connectivity index (χ1v) is 6.68. The number of anilines is 1. The summed E-state index contributed by atoms with van der Waals surface area (Å²) in [6.07, 6.45) is 2.77. The van der Waals surface area contributed by atoms with E-state index in [2.05, 4.69) is 17.3 Å². The van der Waals surface area contributed by atoms with E-state index in [-0.39, 0.29) is 10.7 Å². The average molecular weight is 295 g/mol. The quantitative estimate of drug-likeness (QED) is 0.654. The van der Waals surface area contributed by atoms with Gasteiger partial charge in [-0.3, -0.25) is 14.8 Å². The van der Waals surface area contributed by atoms with Gasteiger partial charge >= 0.3 is 0 Å². The SMILES string of the molecule is CCCn1nccc1CNc1ccc([N+](=O)[O-])c(Cl)c1. The van der Waals surface area contributed by atoms with Crippen molar-refractivity contribution in [3.63, 3.8) is 0 Å². The lowest BCUT2D eigenvalue weighted by Crippen LogP contribution is -2.08. The number of aromatic nitrogens is 2. The van der Waals surface area contributed by atoms with Crippen molar-refractivity contribution in [2.45, 2.75) is 26.4 Å². The first-order chi connectivity index (χ1) is 9.61. The van der Waals surface area contributed by atoms with E-state index < -0.39 is 4.92 Å². The molecule has 0 saturated heterocycles. The second-order valence-corrected chi connectivity index (χ2v) is 4.73. The highest BCUT2D eigenvalue weighted by molar-refractivity contribution is 6.32. The summed E-state index contributed by atoms with van der Waals surface area (Å²) >= 11 is 5.87. The molecular formula is C13H15ClN4O2. The number of hydrogen-bond acceptors (Lipinski definition) is 4. The van der Waals surface area contributed by atoms with Crippen LogP contribution in [0.25, 0.3) is 0 Å². The van der Waals surface area contributed by atoms with E-state index in [1.807, 2.05) is 10.7 Å². The summed E-state index contributed by atoms with van der Waals surface area (Å²) in [5, 5.41) is 18.2. The van der Waals surface area contributed by atoms with Crippen molar-refractivity contribution in [2.24, 2.45) is 0 Å². The van der Waals surface area contributed by atoms with Crippen LogP contribution in [0.2, 0.25) is 5.02 Å². The number of nitro groups is 1. The lowest BCUT2D eigenvalue weighted by molar-refractivity contribution is -0.384. The fourth-order valence-electron chi connectivity index (χ4n) is 1.88. The predicted octanol–water partition coefficient (Wildman–Crippen LogP) is 3.47. The number of rotatable bonds is 6. The van der Waals surface area contributed by atoms with Gasteiger partial charge in [0.2, 0.25) is 0 Å². The molecule has 1 aromatic carbocycles. The normalized spacial score (nSPS) is 10.5. The maximum atomic E-state index is 10.7. The van der Waals surface area contributed by atoms with E-state index in [1.54, 1.807) is 18.3 Å². The van der Waals surface area contributed by atoms with Crippen molar-refractivity contribution in [3.8, 4) is 0 Å². The van der Waals surface area contributed by atoms with Crippen molar-refractivity contribution in [3.05, 3.63) is 51.3 Å². The van der Waals surface area contributed by atoms with Gasteiger partial charge in [-0.25, -0.2) is 0 Å². The summed E-state index contributed by atoms with van der Waals surface area (Å²) in [5.74, 6) is 0. The molecule has 2 aromatic rings. The fourth-order valence-corrected chi connectivity index (χ4v) is 2.13. The molecule has 0 atom stereocenters. The minimum atomic E-state index is -0.498. The number of nitro benzene ring substituents is 1. The van der Waals surface area contributed by atoms with Gasteiger partial charge in [0.1, 0.15) is 5.02 Å². The Balaban J connectivity index is 2.05. The van der Waals surface area contributed by atoms with Crippen LogP contribution in [-0.4, -0.2) is 14.7 Å². The maximum absolute atomic E-state index is 10.7. The maximum Gasteiger partial charge on any atom is 0.288 e. The lowest BCUT2D eigenvalue weighted by atomic mass is 10.2. The van der Waals surface area contributed by atoms with Gasteiger partial charge < -0.3 is 5.32 Å². The van der Waals surface area contributed by atoms with E-state index in [1.165, 1.54) is 6.07 Å². The van der Waals surface area contributed by atoms with Crippen molar-refractivity contribution in [1.82, 2.24) is 9.78 Å². The molecule has 1 N–H and O–H groups in total. The smallest absolute Gasteiger partial charge is 0.288 e. The summed E-state index contributed by atoms with van der Waals surface area (Å²) in [4.78, 5) is 10.2. The van der Waals surface area contributed by atoms with E-state index in [9.17, 15) is 10.1 Å². The lowest BCUT2D eigenvalue weighted by Gasteiger charge is -2.09. The van der Waals surface area contributed by atoms with Gasteiger partial charge in [0.05, 0.1) is 17.2 Å². The van der Waals surface area contributed by atoms with E-state index >= 15 is 0 Å². The molecular weight excluding hydrogens is 280 g/mol. The van der Waals surface area contributed by atoms with Crippen molar-refractivity contribution < 1.29 is 4.92 Å². The highest BCUT2D eigenvalue weighted by Crippen LogP contribution is 2.27. The standard InChI is InChI=1S/C13H15ClN4O2/c1-2-7-17-11(5-6-16-17)9-15-10-3-4-13(18(19)20)12(14)8-10/h3-6,8,15H,2,7,9H2,1H3. The molecule has 0 aliphatic carbocycles. The van der Waals surface area contributed by atoms with Gasteiger partial charge in [-0.1, -0.05) is 18.5 Å².